The van der Waals surface area contributed by atoms with E-state index in [0.717, 1.165) is 11.3 Å². The quantitative estimate of drug-likeness (QED) is 0.520. The first-order chi connectivity index (χ1) is 12.5. The lowest BCUT2D eigenvalue weighted by atomic mass is 10.1. The minimum Gasteiger partial charge on any atom is -0.335 e. The summed E-state index contributed by atoms with van der Waals surface area (Å²) in [6, 6.07) is 13.2. The summed E-state index contributed by atoms with van der Waals surface area (Å²) in [5, 5.41) is 15.2. The molecule has 0 aliphatic rings. The monoisotopic (exact) mass is 351 g/mol. The van der Waals surface area contributed by atoms with E-state index in [-0.39, 0.29) is 17.3 Å². The summed E-state index contributed by atoms with van der Waals surface area (Å²) >= 11 is 0. The number of rotatable bonds is 5. The first kappa shape index (κ1) is 17.3. The second-order valence-electron chi connectivity index (χ2n) is 5.80. The number of aromatic nitrogens is 3. The van der Waals surface area contributed by atoms with Gasteiger partial charge in [-0.15, -0.1) is 0 Å². The fraction of sp³-hybridized carbons (Fsp3) is 0.167. The summed E-state index contributed by atoms with van der Waals surface area (Å²) in [6.07, 6.45) is 3.05. The van der Waals surface area contributed by atoms with Crippen molar-refractivity contribution in [3.05, 3.63) is 82.4 Å². The van der Waals surface area contributed by atoms with Gasteiger partial charge in [0.15, 0.2) is 0 Å². The fourth-order valence-corrected chi connectivity index (χ4v) is 2.65. The predicted molar refractivity (Wildman–Crippen MR) is 95.0 cm³/mol. The van der Waals surface area contributed by atoms with Crippen LogP contribution >= 0.6 is 0 Å². The Morgan fingerprint density at radius 3 is 2.50 bits per heavy atom. The molecule has 0 fully saturated rings. The van der Waals surface area contributed by atoms with Gasteiger partial charge in [-0.05, 0) is 30.7 Å². The number of carbonyl (C=O) groups excluding carboxylic acids is 1. The summed E-state index contributed by atoms with van der Waals surface area (Å²) in [6.45, 7) is 1.87. The third kappa shape index (κ3) is 3.30. The van der Waals surface area contributed by atoms with Crippen LogP contribution < -0.4 is 0 Å². The maximum atomic E-state index is 12.7. The number of nitro benzene ring substituents is 1. The lowest BCUT2D eigenvalue weighted by molar-refractivity contribution is -0.385. The van der Waals surface area contributed by atoms with Crippen molar-refractivity contribution < 1.29 is 9.72 Å². The van der Waals surface area contributed by atoms with Crippen molar-refractivity contribution in [3.63, 3.8) is 0 Å². The van der Waals surface area contributed by atoms with Crippen molar-refractivity contribution in [1.82, 2.24) is 19.7 Å². The van der Waals surface area contributed by atoms with E-state index < -0.39 is 10.8 Å². The van der Waals surface area contributed by atoms with E-state index >= 15 is 0 Å². The highest BCUT2D eigenvalue weighted by Gasteiger charge is 2.25. The van der Waals surface area contributed by atoms with Crippen LogP contribution in [0.1, 0.15) is 28.9 Å². The average Bonchev–Trinajstić information content (AvgIpc) is 3.21. The molecule has 0 bridgehead atoms. The van der Waals surface area contributed by atoms with Crippen molar-refractivity contribution in [2.24, 2.45) is 0 Å². The molecule has 0 aliphatic heterocycles. The van der Waals surface area contributed by atoms with E-state index in [2.05, 4.69) is 10.1 Å². The second-order valence-corrected chi connectivity index (χ2v) is 5.80. The van der Waals surface area contributed by atoms with Crippen LogP contribution in [0.5, 0.6) is 0 Å². The van der Waals surface area contributed by atoms with Crippen LogP contribution in [0, 0.1) is 10.1 Å². The molecule has 8 nitrogen and oxygen atoms in total. The molecule has 0 saturated heterocycles. The van der Waals surface area contributed by atoms with Crippen molar-refractivity contribution in [2.45, 2.75) is 13.0 Å². The van der Waals surface area contributed by atoms with Gasteiger partial charge in [-0.1, -0.05) is 24.3 Å². The topological polar surface area (TPSA) is 94.2 Å². The summed E-state index contributed by atoms with van der Waals surface area (Å²) < 4.78 is 1.64. The number of hydrogen-bond donors (Lipinski definition) is 0. The third-order valence-electron chi connectivity index (χ3n) is 4.29. The van der Waals surface area contributed by atoms with Gasteiger partial charge in [0, 0.05) is 13.1 Å². The average molecular weight is 351 g/mol. The largest absolute Gasteiger partial charge is 0.335 e. The van der Waals surface area contributed by atoms with E-state index in [1.54, 1.807) is 30.2 Å². The third-order valence-corrected chi connectivity index (χ3v) is 4.29. The molecule has 132 valence electrons. The van der Waals surface area contributed by atoms with Gasteiger partial charge < -0.3 is 4.90 Å². The Balaban J connectivity index is 1.82. The van der Waals surface area contributed by atoms with Gasteiger partial charge in [-0.3, -0.25) is 14.9 Å². The van der Waals surface area contributed by atoms with Crippen LogP contribution in [0.15, 0.2) is 61.2 Å². The van der Waals surface area contributed by atoms with Crippen molar-refractivity contribution >= 4 is 11.6 Å². The molecule has 3 aromatic rings. The SMILES string of the molecule is CC(c1ccc(-n2cncn2)cc1)N(C)C(=O)c1ccccc1[N+](=O)[O-]. The second kappa shape index (κ2) is 7.14. The Labute approximate surface area is 149 Å². The van der Waals surface area contributed by atoms with Crippen molar-refractivity contribution in [1.29, 1.82) is 0 Å². The standard InChI is InChI=1S/C18H17N5O3/c1-13(14-7-9-15(10-8-14)22-12-19-11-20-22)21(2)18(24)16-5-3-4-6-17(16)23(25)26/h3-13H,1-2H3. The lowest BCUT2D eigenvalue weighted by Gasteiger charge is -2.25. The van der Waals surface area contributed by atoms with Crippen LogP contribution in [-0.4, -0.2) is 37.5 Å². The maximum Gasteiger partial charge on any atom is 0.282 e. The number of carbonyl (C=O) groups is 1. The molecule has 1 unspecified atom stereocenters. The smallest absolute Gasteiger partial charge is 0.282 e. The molecule has 1 amide bonds. The first-order valence-corrected chi connectivity index (χ1v) is 7.94. The molecule has 0 N–H and O–H groups in total. The summed E-state index contributed by atoms with van der Waals surface area (Å²) in [5.41, 5.74) is 1.64. The Morgan fingerprint density at radius 1 is 1.19 bits per heavy atom. The molecule has 26 heavy (non-hydrogen) atoms. The molecule has 0 spiro atoms. The molecule has 1 aromatic heterocycles. The van der Waals surface area contributed by atoms with Crippen LogP contribution in [-0.2, 0) is 0 Å². The zero-order valence-corrected chi connectivity index (χ0v) is 14.3. The van der Waals surface area contributed by atoms with Gasteiger partial charge in [0.25, 0.3) is 11.6 Å². The summed E-state index contributed by atoms with van der Waals surface area (Å²) in [7, 11) is 1.63. The Bertz CT molecular complexity index is 922. The number of nitrogens with zero attached hydrogens (tertiary/aromatic N) is 5. The normalized spacial score (nSPS) is 11.8. The van der Waals surface area contributed by atoms with E-state index in [9.17, 15) is 14.9 Å². The molecule has 0 saturated carbocycles. The van der Waals surface area contributed by atoms with Crippen LogP contribution in [0.2, 0.25) is 0 Å². The molecule has 1 atom stereocenters. The van der Waals surface area contributed by atoms with Gasteiger partial charge in [0.05, 0.1) is 16.7 Å². The van der Waals surface area contributed by atoms with Crippen molar-refractivity contribution in [3.8, 4) is 5.69 Å². The van der Waals surface area contributed by atoms with E-state index in [0.29, 0.717) is 0 Å². The van der Waals surface area contributed by atoms with E-state index in [4.69, 9.17) is 0 Å². The number of hydrogen-bond acceptors (Lipinski definition) is 5. The van der Waals surface area contributed by atoms with E-state index in [1.807, 2.05) is 31.2 Å². The molecular formula is C18H17N5O3. The molecule has 2 aromatic carbocycles. The molecule has 8 heteroatoms. The van der Waals surface area contributed by atoms with Gasteiger partial charge >= 0.3 is 0 Å². The van der Waals surface area contributed by atoms with Crippen LogP contribution in [0.4, 0.5) is 5.69 Å². The molecule has 0 aliphatic carbocycles. The van der Waals surface area contributed by atoms with E-state index in [1.165, 1.54) is 23.4 Å². The summed E-state index contributed by atoms with van der Waals surface area (Å²) in [5.74, 6) is -0.398. The molecular weight excluding hydrogens is 334 g/mol. The molecule has 0 radical (unpaired) electrons. The maximum absolute atomic E-state index is 12.7. The summed E-state index contributed by atoms with van der Waals surface area (Å²) in [4.78, 5) is 28.8. The molecule has 3 rings (SSSR count). The number of benzene rings is 2. The van der Waals surface area contributed by atoms with Crippen LogP contribution in [0.25, 0.3) is 5.69 Å². The van der Waals surface area contributed by atoms with Gasteiger partial charge in [0.2, 0.25) is 0 Å². The zero-order chi connectivity index (χ0) is 18.7. The highest BCUT2D eigenvalue weighted by atomic mass is 16.6. The highest BCUT2D eigenvalue weighted by Crippen LogP contribution is 2.25. The highest BCUT2D eigenvalue weighted by molar-refractivity contribution is 5.98. The zero-order valence-electron chi connectivity index (χ0n) is 14.3. The van der Waals surface area contributed by atoms with Crippen molar-refractivity contribution in [2.75, 3.05) is 7.05 Å². The van der Waals surface area contributed by atoms with Gasteiger partial charge in [-0.2, -0.15) is 5.10 Å². The number of nitro groups is 1. The fourth-order valence-electron chi connectivity index (χ4n) is 2.65. The Hall–Kier alpha value is -3.55. The first-order valence-electron chi connectivity index (χ1n) is 7.94. The minimum absolute atomic E-state index is 0.0751. The number of para-hydroxylation sites is 1. The predicted octanol–water partition coefficient (Wildman–Crippen LogP) is 3.01. The molecule has 1 heterocycles. The lowest BCUT2D eigenvalue weighted by Crippen LogP contribution is -2.30. The van der Waals surface area contributed by atoms with Gasteiger partial charge in [-0.25, -0.2) is 9.67 Å². The van der Waals surface area contributed by atoms with Crippen LogP contribution in [0.3, 0.4) is 0 Å². The Kier molecular flexibility index (Phi) is 4.74. The number of amides is 1. The van der Waals surface area contributed by atoms with Gasteiger partial charge in [0.1, 0.15) is 18.2 Å². The minimum atomic E-state index is -0.543. The Morgan fingerprint density at radius 2 is 1.88 bits per heavy atom.